The molecule has 0 aliphatic heterocycles. The highest BCUT2D eigenvalue weighted by atomic mass is 32.1. The van der Waals surface area contributed by atoms with E-state index >= 15 is 0 Å². The van der Waals surface area contributed by atoms with Crippen molar-refractivity contribution in [1.29, 1.82) is 0 Å². The summed E-state index contributed by atoms with van der Waals surface area (Å²) in [5.74, 6) is -0.257. The fourth-order valence-corrected chi connectivity index (χ4v) is 2.39. The Labute approximate surface area is 120 Å². The maximum Gasteiger partial charge on any atom is 0.339 e. The lowest BCUT2D eigenvalue weighted by atomic mass is 10.2. The minimum absolute atomic E-state index is 0.0790. The van der Waals surface area contributed by atoms with Crippen LogP contribution in [0.4, 0.5) is 0 Å². The van der Waals surface area contributed by atoms with Gasteiger partial charge < -0.3 is 14.6 Å². The summed E-state index contributed by atoms with van der Waals surface area (Å²) in [6.45, 7) is 2.29. The maximum atomic E-state index is 11.2. The van der Waals surface area contributed by atoms with Crippen molar-refractivity contribution in [2.45, 2.75) is 20.0 Å². The topological polar surface area (TPSA) is 68.7 Å². The molecule has 6 heteroatoms. The maximum absolute atomic E-state index is 11.2. The monoisotopic (exact) mass is 293 g/mol. The van der Waals surface area contributed by atoms with Crippen LogP contribution in [0.2, 0.25) is 0 Å². The number of aromatic nitrogens is 1. The molecule has 0 spiro atoms. The van der Waals surface area contributed by atoms with Crippen molar-refractivity contribution in [3.8, 4) is 11.5 Å². The standard InChI is InChI=1S/C14H15NO4S/c1-3-13-15-9(8-20-13)7-19-12-5-4-10(18-2)6-11(12)14(16)17/h4-6,8H,3,7H2,1-2H3,(H,16,17). The number of carboxylic acid groups (broad SMARTS) is 1. The molecule has 1 aromatic heterocycles. The Bertz CT molecular complexity index is 609. The molecule has 0 unspecified atom stereocenters. The number of methoxy groups -OCH3 is 1. The Balaban J connectivity index is 2.14. The van der Waals surface area contributed by atoms with Crippen molar-refractivity contribution in [1.82, 2.24) is 4.98 Å². The van der Waals surface area contributed by atoms with Crippen molar-refractivity contribution in [3.05, 3.63) is 39.8 Å². The number of hydrogen-bond acceptors (Lipinski definition) is 5. The van der Waals surface area contributed by atoms with Gasteiger partial charge in [0.2, 0.25) is 0 Å². The van der Waals surface area contributed by atoms with Crippen LogP contribution < -0.4 is 9.47 Å². The van der Waals surface area contributed by atoms with E-state index in [-0.39, 0.29) is 12.2 Å². The molecule has 0 saturated heterocycles. The number of nitrogens with zero attached hydrogens (tertiary/aromatic N) is 1. The van der Waals surface area contributed by atoms with Crippen LogP contribution in [0.3, 0.4) is 0 Å². The van der Waals surface area contributed by atoms with E-state index in [0.29, 0.717) is 11.5 Å². The van der Waals surface area contributed by atoms with Gasteiger partial charge in [0.1, 0.15) is 23.7 Å². The number of hydrogen-bond donors (Lipinski definition) is 1. The Morgan fingerprint density at radius 2 is 2.25 bits per heavy atom. The first-order valence-electron chi connectivity index (χ1n) is 6.11. The first kappa shape index (κ1) is 14.3. The lowest BCUT2D eigenvalue weighted by molar-refractivity contribution is 0.0691. The van der Waals surface area contributed by atoms with Gasteiger partial charge in [0.15, 0.2) is 0 Å². The summed E-state index contributed by atoms with van der Waals surface area (Å²) in [5, 5.41) is 12.1. The molecule has 0 radical (unpaired) electrons. The molecule has 20 heavy (non-hydrogen) atoms. The Kier molecular flexibility index (Phi) is 4.57. The van der Waals surface area contributed by atoms with E-state index < -0.39 is 5.97 Å². The van der Waals surface area contributed by atoms with E-state index in [4.69, 9.17) is 9.47 Å². The molecule has 106 valence electrons. The van der Waals surface area contributed by atoms with E-state index in [9.17, 15) is 9.90 Å². The first-order valence-corrected chi connectivity index (χ1v) is 6.99. The van der Waals surface area contributed by atoms with Crippen LogP contribution in [-0.4, -0.2) is 23.2 Å². The molecule has 5 nitrogen and oxygen atoms in total. The summed E-state index contributed by atoms with van der Waals surface area (Å²) in [6.07, 6.45) is 0.883. The van der Waals surface area contributed by atoms with Crippen molar-refractivity contribution in [2.24, 2.45) is 0 Å². The van der Waals surface area contributed by atoms with Crippen LogP contribution in [0.5, 0.6) is 11.5 Å². The van der Waals surface area contributed by atoms with Gasteiger partial charge >= 0.3 is 5.97 Å². The van der Waals surface area contributed by atoms with Crippen molar-refractivity contribution in [3.63, 3.8) is 0 Å². The Morgan fingerprint density at radius 1 is 1.45 bits per heavy atom. The number of ether oxygens (including phenoxy) is 2. The molecular formula is C14H15NO4S. The van der Waals surface area contributed by atoms with Crippen molar-refractivity contribution in [2.75, 3.05) is 7.11 Å². The third kappa shape index (κ3) is 3.27. The molecule has 2 aromatic rings. The Morgan fingerprint density at radius 3 is 2.85 bits per heavy atom. The largest absolute Gasteiger partial charge is 0.497 e. The van der Waals surface area contributed by atoms with Gasteiger partial charge in [-0.3, -0.25) is 0 Å². The van der Waals surface area contributed by atoms with Crippen LogP contribution in [0.1, 0.15) is 28.0 Å². The molecule has 0 saturated carbocycles. The number of aromatic carboxylic acids is 1. The highest BCUT2D eigenvalue weighted by molar-refractivity contribution is 7.09. The van der Waals surface area contributed by atoms with Gasteiger partial charge in [-0.1, -0.05) is 6.92 Å². The molecule has 0 aliphatic rings. The van der Waals surface area contributed by atoms with Crippen LogP contribution in [0.25, 0.3) is 0 Å². The summed E-state index contributed by atoms with van der Waals surface area (Å²) in [4.78, 5) is 15.6. The number of benzene rings is 1. The van der Waals surface area contributed by atoms with Crippen molar-refractivity contribution < 1.29 is 19.4 Å². The smallest absolute Gasteiger partial charge is 0.339 e. The zero-order chi connectivity index (χ0) is 14.5. The number of carbonyl (C=O) groups is 1. The second-order valence-corrected chi connectivity index (χ2v) is 4.98. The molecule has 1 aromatic carbocycles. The average molecular weight is 293 g/mol. The van der Waals surface area contributed by atoms with Gasteiger partial charge in [-0.2, -0.15) is 0 Å². The summed E-state index contributed by atoms with van der Waals surface area (Å²) < 4.78 is 10.6. The molecule has 0 amide bonds. The summed E-state index contributed by atoms with van der Waals surface area (Å²) in [6, 6.07) is 4.70. The van der Waals surface area contributed by atoms with E-state index in [1.54, 1.807) is 23.5 Å². The van der Waals surface area contributed by atoms with Gasteiger partial charge in [0.05, 0.1) is 17.8 Å². The fourth-order valence-electron chi connectivity index (χ4n) is 1.66. The number of rotatable bonds is 6. The predicted octanol–water partition coefficient (Wildman–Crippen LogP) is 2.99. The van der Waals surface area contributed by atoms with E-state index in [2.05, 4.69) is 4.98 Å². The third-order valence-corrected chi connectivity index (χ3v) is 3.74. The molecule has 1 N–H and O–H groups in total. The fraction of sp³-hybridized carbons (Fsp3) is 0.286. The van der Waals surface area contributed by atoms with E-state index in [0.717, 1.165) is 17.1 Å². The molecule has 0 fully saturated rings. The lowest BCUT2D eigenvalue weighted by Crippen LogP contribution is -2.04. The molecule has 0 atom stereocenters. The molecule has 2 rings (SSSR count). The first-order chi connectivity index (χ1) is 9.63. The quantitative estimate of drug-likeness (QED) is 0.886. The normalized spacial score (nSPS) is 10.3. The molecule has 1 heterocycles. The van der Waals surface area contributed by atoms with E-state index in [1.165, 1.54) is 13.2 Å². The molecule has 0 bridgehead atoms. The average Bonchev–Trinajstić information content (AvgIpc) is 2.92. The minimum atomic E-state index is -1.05. The summed E-state index contributed by atoms with van der Waals surface area (Å²) in [7, 11) is 1.49. The summed E-state index contributed by atoms with van der Waals surface area (Å²) in [5.41, 5.74) is 0.884. The van der Waals surface area contributed by atoms with Crippen LogP contribution in [0, 0.1) is 0 Å². The number of aryl methyl sites for hydroxylation is 1. The Hall–Kier alpha value is -2.08. The zero-order valence-electron chi connectivity index (χ0n) is 11.3. The third-order valence-electron chi connectivity index (χ3n) is 2.69. The summed E-state index contributed by atoms with van der Waals surface area (Å²) >= 11 is 1.57. The van der Waals surface area contributed by atoms with Gasteiger partial charge in [-0.15, -0.1) is 11.3 Å². The number of carboxylic acids is 1. The lowest BCUT2D eigenvalue weighted by Gasteiger charge is -2.09. The zero-order valence-corrected chi connectivity index (χ0v) is 12.1. The molecular weight excluding hydrogens is 278 g/mol. The van der Waals surface area contributed by atoms with Gasteiger partial charge in [-0.05, 0) is 24.6 Å². The van der Waals surface area contributed by atoms with Gasteiger partial charge in [0.25, 0.3) is 0 Å². The highest BCUT2D eigenvalue weighted by Gasteiger charge is 2.13. The van der Waals surface area contributed by atoms with Gasteiger partial charge in [-0.25, -0.2) is 9.78 Å². The van der Waals surface area contributed by atoms with Crippen LogP contribution >= 0.6 is 11.3 Å². The second kappa shape index (κ2) is 6.38. The van der Waals surface area contributed by atoms with E-state index in [1.807, 2.05) is 12.3 Å². The molecule has 0 aliphatic carbocycles. The minimum Gasteiger partial charge on any atom is -0.497 e. The van der Waals surface area contributed by atoms with Crippen molar-refractivity contribution >= 4 is 17.3 Å². The number of thiazole rings is 1. The SMILES string of the molecule is CCc1nc(COc2ccc(OC)cc2C(=O)O)cs1. The van der Waals surface area contributed by atoms with Gasteiger partial charge in [0, 0.05) is 5.38 Å². The van der Waals surface area contributed by atoms with Crippen LogP contribution in [-0.2, 0) is 13.0 Å². The van der Waals surface area contributed by atoms with Crippen LogP contribution in [0.15, 0.2) is 23.6 Å². The predicted molar refractivity (Wildman–Crippen MR) is 75.8 cm³/mol. The highest BCUT2D eigenvalue weighted by Crippen LogP contribution is 2.25. The second-order valence-electron chi connectivity index (χ2n) is 4.04.